The molecular weight excluding hydrogens is 438 g/mol. The molecule has 1 N–H and O–H groups in total. The van der Waals surface area contributed by atoms with Crippen molar-refractivity contribution < 1.29 is 27.0 Å². The topological polar surface area (TPSA) is 48.3 Å². The number of halogens is 4. The average Bonchev–Trinajstić information content (AvgIpc) is 3.29. The van der Waals surface area contributed by atoms with Gasteiger partial charge in [-0.15, -0.1) is 0 Å². The lowest BCUT2D eigenvalue weighted by Crippen LogP contribution is -2.29. The van der Waals surface area contributed by atoms with Crippen LogP contribution in [0.1, 0.15) is 49.2 Å². The van der Waals surface area contributed by atoms with E-state index in [2.05, 4.69) is 10.4 Å². The fourth-order valence-electron chi connectivity index (χ4n) is 4.40. The molecule has 0 saturated carbocycles. The molecule has 2 aliphatic rings. The number of hydrogen-bond acceptors (Lipinski definition) is 4. The van der Waals surface area contributed by atoms with Gasteiger partial charge in [0.15, 0.2) is 17.2 Å². The van der Waals surface area contributed by atoms with Gasteiger partial charge in [-0.1, -0.05) is 6.07 Å². The predicted molar refractivity (Wildman–Crippen MR) is 114 cm³/mol. The molecule has 0 fully saturated rings. The van der Waals surface area contributed by atoms with Crippen molar-refractivity contribution >= 4 is 5.69 Å². The number of nitrogens with one attached hydrogen (secondary N) is 1. The molecule has 1 aromatic heterocycles. The first-order valence-corrected chi connectivity index (χ1v) is 10.8. The second-order valence-corrected chi connectivity index (χ2v) is 8.79. The van der Waals surface area contributed by atoms with Gasteiger partial charge in [0.1, 0.15) is 5.82 Å². The maximum Gasteiger partial charge on any atom is 0.435 e. The SMILES string of the molecule is CC1(C)Oc2ccc(CNc3cc(-n4nc(C(F)(F)F)c5c4CCCC5)ccc3F)cc2O1. The molecule has 5 nitrogen and oxygen atoms in total. The van der Waals surface area contributed by atoms with E-state index in [9.17, 15) is 17.6 Å². The Labute approximate surface area is 188 Å². The van der Waals surface area contributed by atoms with Gasteiger partial charge < -0.3 is 14.8 Å². The Hall–Kier alpha value is -3.23. The molecule has 0 saturated heterocycles. The van der Waals surface area contributed by atoms with Gasteiger partial charge in [-0.25, -0.2) is 9.07 Å². The van der Waals surface area contributed by atoms with Crippen LogP contribution < -0.4 is 14.8 Å². The van der Waals surface area contributed by atoms with Gasteiger partial charge in [-0.05, 0) is 61.6 Å². The first-order valence-electron chi connectivity index (χ1n) is 10.8. The van der Waals surface area contributed by atoms with Crippen molar-refractivity contribution in [1.29, 1.82) is 0 Å². The molecule has 0 amide bonds. The molecule has 0 radical (unpaired) electrons. The van der Waals surface area contributed by atoms with E-state index in [-0.39, 0.29) is 11.3 Å². The number of aromatic nitrogens is 2. The molecule has 1 aliphatic heterocycles. The zero-order chi connectivity index (χ0) is 23.4. The minimum absolute atomic E-state index is 0.180. The first-order chi connectivity index (χ1) is 15.6. The Morgan fingerprint density at radius 1 is 1.03 bits per heavy atom. The molecular formula is C24H23F4N3O2. The summed E-state index contributed by atoms with van der Waals surface area (Å²) in [6, 6.07) is 9.64. The molecule has 2 aromatic carbocycles. The van der Waals surface area contributed by atoms with Crippen molar-refractivity contribution in [2.24, 2.45) is 0 Å². The zero-order valence-electron chi connectivity index (χ0n) is 18.2. The Balaban J connectivity index is 1.42. The third-order valence-corrected chi connectivity index (χ3v) is 5.85. The standard InChI is InChI=1S/C24H23F4N3O2/c1-23(2)32-20-10-7-14(11-21(20)33-23)13-29-18-12-15(8-9-17(18)25)31-19-6-4-3-5-16(19)22(30-31)24(26,27)28/h7-12,29H,3-6,13H2,1-2H3. The number of hydrogen-bond donors (Lipinski definition) is 1. The first kappa shape index (κ1) is 21.6. The second kappa shape index (κ2) is 7.67. The fraction of sp³-hybridized carbons (Fsp3) is 0.375. The second-order valence-electron chi connectivity index (χ2n) is 8.79. The number of anilines is 1. The van der Waals surface area contributed by atoms with Gasteiger partial charge in [0.25, 0.3) is 0 Å². The number of rotatable bonds is 4. The van der Waals surface area contributed by atoms with Crippen molar-refractivity contribution in [2.45, 2.75) is 58.0 Å². The van der Waals surface area contributed by atoms with Crippen LogP contribution in [0.5, 0.6) is 11.5 Å². The van der Waals surface area contributed by atoms with Gasteiger partial charge in [0.2, 0.25) is 5.79 Å². The molecule has 174 valence electrons. The third kappa shape index (κ3) is 4.12. The van der Waals surface area contributed by atoms with Gasteiger partial charge in [-0.3, -0.25) is 0 Å². The summed E-state index contributed by atoms with van der Waals surface area (Å²) in [5.74, 6) is 0.00224. The number of ether oxygens (including phenoxy) is 2. The monoisotopic (exact) mass is 461 g/mol. The van der Waals surface area contributed by atoms with E-state index in [1.165, 1.54) is 22.9 Å². The van der Waals surface area contributed by atoms with Crippen LogP contribution in [0.4, 0.5) is 23.2 Å². The summed E-state index contributed by atoms with van der Waals surface area (Å²) in [5, 5.41) is 6.92. The summed E-state index contributed by atoms with van der Waals surface area (Å²) >= 11 is 0. The predicted octanol–water partition coefficient (Wildman–Crippen LogP) is 6.03. The van der Waals surface area contributed by atoms with E-state index >= 15 is 0 Å². The van der Waals surface area contributed by atoms with Crippen molar-refractivity contribution in [3.8, 4) is 17.2 Å². The largest absolute Gasteiger partial charge is 0.449 e. The fourth-order valence-corrected chi connectivity index (χ4v) is 4.40. The van der Waals surface area contributed by atoms with Crippen LogP contribution >= 0.6 is 0 Å². The highest BCUT2D eigenvalue weighted by atomic mass is 19.4. The quantitative estimate of drug-likeness (QED) is 0.482. The normalized spacial score (nSPS) is 16.5. The van der Waals surface area contributed by atoms with Crippen LogP contribution in [-0.4, -0.2) is 15.6 Å². The molecule has 0 bridgehead atoms. The minimum Gasteiger partial charge on any atom is -0.449 e. The third-order valence-electron chi connectivity index (χ3n) is 5.85. The Morgan fingerprint density at radius 3 is 2.58 bits per heavy atom. The minimum atomic E-state index is -4.53. The van der Waals surface area contributed by atoms with Crippen molar-refractivity contribution in [1.82, 2.24) is 9.78 Å². The molecule has 2 heterocycles. The van der Waals surface area contributed by atoms with Crippen molar-refractivity contribution in [3.63, 3.8) is 0 Å². The molecule has 5 rings (SSSR count). The smallest absolute Gasteiger partial charge is 0.435 e. The van der Waals surface area contributed by atoms with Crippen LogP contribution in [0.2, 0.25) is 0 Å². The number of nitrogens with zero attached hydrogens (tertiary/aromatic N) is 2. The summed E-state index contributed by atoms with van der Waals surface area (Å²) in [5.41, 5.74) is 1.36. The summed E-state index contributed by atoms with van der Waals surface area (Å²) < 4.78 is 67.8. The summed E-state index contributed by atoms with van der Waals surface area (Å²) in [6.45, 7) is 3.91. The lowest BCUT2D eigenvalue weighted by atomic mass is 9.95. The van der Waals surface area contributed by atoms with E-state index in [0.29, 0.717) is 48.7 Å². The van der Waals surface area contributed by atoms with E-state index in [1.807, 2.05) is 26.0 Å². The number of fused-ring (bicyclic) bond motifs is 2. The van der Waals surface area contributed by atoms with Crippen molar-refractivity contribution in [2.75, 3.05) is 5.32 Å². The molecule has 0 unspecified atom stereocenters. The highest BCUT2D eigenvalue weighted by molar-refractivity contribution is 5.54. The molecule has 33 heavy (non-hydrogen) atoms. The van der Waals surface area contributed by atoms with Crippen molar-refractivity contribution in [3.05, 3.63) is 64.7 Å². The number of benzene rings is 2. The average molecular weight is 461 g/mol. The molecule has 0 atom stereocenters. The Bertz CT molecular complexity index is 1220. The summed E-state index contributed by atoms with van der Waals surface area (Å²) in [6.07, 6.45) is -2.18. The molecule has 9 heteroatoms. The van der Waals surface area contributed by atoms with Crippen LogP contribution in [-0.2, 0) is 25.6 Å². The summed E-state index contributed by atoms with van der Waals surface area (Å²) in [7, 11) is 0. The lowest BCUT2D eigenvalue weighted by molar-refractivity contribution is -0.142. The zero-order valence-corrected chi connectivity index (χ0v) is 18.2. The van der Waals surface area contributed by atoms with E-state index < -0.39 is 23.5 Å². The van der Waals surface area contributed by atoms with Crippen LogP contribution in [0.15, 0.2) is 36.4 Å². The maximum absolute atomic E-state index is 14.5. The highest BCUT2D eigenvalue weighted by Gasteiger charge is 2.39. The van der Waals surface area contributed by atoms with Gasteiger partial charge in [0.05, 0.1) is 11.4 Å². The summed E-state index contributed by atoms with van der Waals surface area (Å²) in [4.78, 5) is 0. The Morgan fingerprint density at radius 2 is 1.79 bits per heavy atom. The van der Waals surface area contributed by atoms with Crippen LogP contribution in [0.25, 0.3) is 5.69 Å². The van der Waals surface area contributed by atoms with Gasteiger partial charge in [0, 0.05) is 31.6 Å². The molecule has 1 aliphatic carbocycles. The van der Waals surface area contributed by atoms with E-state index in [1.54, 1.807) is 6.07 Å². The van der Waals surface area contributed by atoms with Gasteiger partial charge in [-0.2, -0.15) is 18.3 Å². The van der Waals surface area contributed by atoms with E-state index in [4.69, 9.17) is 9.47 Å². The van der Waals surface area contributed by atoms with Gasteiger partial charge >= 0.3 is 6.18 Å². The van der Waals surface area contributed by atoms with Crippen LogP contribution in [0.3, 0.4) is 0 Å². The maximum atomic E-state index is 14.5. The van der Waals surface area contributed by atoms with Crippen LogP contribution in [0, 0.1) is 5.82 Å². The van der Waals surface area contributed by atoms with E-state index in [0.717, 1.165) is 12.0 Å². The Kier molecular flexibility index (Phi) is 5.02. The lowest BCUT2D eigenvalue weighted by Gasteiger charge is -2.16. The highest BCUT2D eigenvalue weighted by Crippen LogP contribution is 2.40. The molecule has 3 aromatic rings. The molecule has 0 spiro atoms. The number of alkyl halides is 3.